The SMILES string of the molecule is CCOc1ccc(-c2noc(CNS(=O)(=O)c3ccccc3Cl)n2)cn1. The second-order valence-electron chi connectivity index (χ2n) is 5.08. The van der Waals surface area contributed by atoms with Crippen LogP contribution in [-0.4, -0.2) is 30.1 Å². The van der Waals surface area contributed by atoms with Gasteiger partial charge in [-0.15, -0.1) is 0 Å². The molecule has 0 atom stereocenters. The fraction of sp³-hybridized carbons (Fsp3) is 0.188. The number of rotatable bonds is 7. The van der Waals surface area contributed by atoms with E-state index < -0.39 is 10.0 Å². The summed E-state index contributed by atoms with van der Waals surface area (Å²) in [7, 11) is -3.80. The van der Waals surface area contributed by atoms with Crippen LogP contribution in [0.5, 0.6) is 5.88 Å². The first-order valence-electron chi connectivity index (χ1n) is 7.65. The molecule has 0 aliphatic rings. The number of pyridine rings is 1. The Morgan fingerprint density at radius 2 is 2.04 bits per heavy atom. The third-order valence-electron chi connectivity index (χ3n) is 3.29. The third kappa shape index (κ3) is 4.18. The number of ether oxygens (including phenoxy) is 1. The molecule has 8 nitrogen and oxygen atoms in total. The molecule has 0 aliphatic carbocycles. The predicted octanol–water partition coefficient (Wildman–Crippen LogP) is 2.66. The van der Waals surface area contributed by atoms with Gasteiger partial charge in [0, 0.05) is 17.8 Å². The van der Waals surface area contributed by atoms with Crippen molar-refractivity contribution in [3.8, 4) is 17.3 Å². The summed E-state index contributed by atoms with van der Waals surface area (Å²) in [4.78, 5) is 8.26. The monoisotopic (exact) mass is 394 g/mol. The van der Waals surface area contributed by atoms with Gasteiger partial charge in [0.2, 0.25) is 27.6 Å². The molecule has 0 fully saturated rings. The highest BCUT2D eigenvalue weighted by Crippen LogP contribution is 2.21. The zero-order valence-electron chi connectivity index (χ0n) is 13.7. The molecule has 0 saturated heterocycles. The second-order valence-corrected chi connectivity index (χ2v) is 7.23. The fourth-order valence-electron chi connectivity index (χ4n) is 2.09. The Morgan fingerprint density at radius 1 is 1.23 bits per heavy atom. The maximum Gasteiger partial charge on any atom is 0.242 e. The van der Waals surface area contributed by atoms with Gasteiger partial charge in [-0.1, -0.05) is 28.9 Å². The van der Waals surface area contributed by atoms with Gasteiger partial charge < -0.3 is 9.26 Å². The van der Waals surface area contributed by atoms with Gasteiger partial charge in [0.25, 0.3) is 0 Å². The molecule has 26 heavy (non-hydrogen) atoms. The lowest BCUT2D eigenvalue weighted by Gasteiger charge is -2.05. The van der Waals surface area contributed by atoms with E-state index in [-0.39, 0.29) is 22.4 Å². The van der Waals surface area contributed by atoms with Crippen molar-refractivity contribution in [1.82, 2.24) is 19.8 Å². The Bertz CT molecular complexity index is 989. The van der Waals surface area contributed by atoms with Crippen molar-refractivity contribution >= 4 is 21.6 Å². The maximum absolute atomic E-state index is 12.3. The summed E-state index contributed by atoms with van der Waals surface area (Å²) in [5.41, 5.74) is 0.623. The highest BCUT2D eigenvalue weighted by atomic mass is 35.5. The van der Waals surface area contributed by atoms with Crippen LogP contribution >= 0.6 is 11.6 Å². The molecule has 0 amide bonds. The summed E-state index contributed by atoms with van der Waals surface area (Å²) in [6.07, 6.45) is 1.55. The standard InChI is InChI=1S/C16H15ClN4O4S/c1-2-24-14-8-7-11(9-18-14)16-20-15(25-21-16)10-19-26(22,23)13-6-4-3-5-12(13)17/h3-9,19H,2,10H2,1H3. The van der Waals surface area contributed by atoms with E-state index in [4.69, 9.17) is 20.9 Å². The van der Waals surface area contributed by atoms with E-state index in [2.05, 4.69) is 19.8 Å². The summed E-state index contributed by atoms with van der Waals surface area (Å²) < 4.78 is 37.3. The number of sulfonamides is 1. The van der Waals surface area contributed by atoms with E-state index in [1.54, 1.807) is 30.5 Å². The van der Waals surface area contributed by atoms with Crippen molar-refractivity contribution < 1.29 is 17.7 Å². The average Bonchev–Trinajstić information content (AvgIpc) is 3.10. The molecule has 3 rings (SSSR count). The van der Waals surface area contributed by atoms with E-state index in [1.807, 2.05) is 6.92 Å². The molecule has 1 N–H and O–H groups in total. The molecule has 0 unspecified atom stereocenters. The Morgan fingerprint density at radius 3 is 2.73 bits per heavy atom. The quantitative estimate of drug-likeness (QED) is 0.656. The highest BCUT2D eigenvalue weighted by molar-refractivity contribution is 7.89. The lowest BCUT2D eigenvalue weighted by Crippen LogP contribution is -2.23. The van der Waals surface area contributed by atoms with Gasteiger partial charge in [0.15, 0.2) is 0 Å². The first-order chi connectivity index (χ1) is 12.5. The van der Waals surface area contributed by atoms with Gasteiger partial charge in [-0.25, -0.2) is 18.1 Å². The molecule has 2 aromatic heterocycles. The molecule has 0 radical (unpaired) electrons. The number of nitrogens with one attached hydrogen (secondary N) is 1. The van der Waals surface area contributed by atoms with Crippen LogP contribution in [0, 0.1) is 0 Å². The highest BCUT2D eigenvalue weighted by Gasteiger charge is 2.19. The fourth-order valence-corrected chi connectivity index (χ4v) is 3.58. The van der Waals surface area contributed by atoms with Gasteiger partial charge in [0.05, 0.1) is 18.2 Å². The summed E-state index contributed by atoms with van der Waals surface area (Å²) in [6, 6.07) is 9.57. The minimum Gasteiger partial charge on any atom is -0.478 e. The summed E-state index contributed by atoms with van der Waals surface area (Å²) >= 11 is 5.92. The van der Waals surface area contributed by atoms with Gasteiger partial charge >= 0.3 is 0 Å². The van der Waals surface area contributed by atoms with Crippen LogP contribution in [0.1, 0.15) is 12.8 Å². The minimum absolute atomic E-state index is 0.0166. The van der Waals surface area contributed by atoms with Crippen molar-refractivity contribution in [2.45, 2.75) is 18.4 Å². The number of nitrogens with zero attached hydrogens (tertiary/aromatic N) is 3. The van der Waals surface area contributed by atoms with Crippen molar-refractivity contribution in [3.05, 3.63) is 53.5 Å². The van der Waals surface area contributed by atoms with Gasteiger partial charge in [-0.3, -0.25) is 0 Å². The zero-order valence-corrected chi connectivity index (χ0v) is 15.3. The van der Waals surface area contributed by atoms with E-state index in [0.717, 1.165) is 0 Å². The first kappa shape index (κ1) is 18.3. The van der Waals surface area contributed by atoms with E-state index in [1.165, 1.54) is 12.1 Å². The van der Waals surface area contributed by atoms with E-state index in [0.29, 0.717) is 23.9 Å². The van der Waals surface area contributed by atoms with Crippen LogP contribution in [0.2, 0.25) is 5.02 Å². The number of hydrogen-bond acceptors (Lipinski definition) is 7. The number of hydrogen-bond donors (Lipinski definition) is 1. The topological polar surface area (TPSA) is 107 Å². The van der Waals surface area contributed by atoms with Crippen molar-refractivity contribution in [3.63, 3.8) is 0 Å². The number of benzene rings is 1. The predicted molar refractivity (Wildman–Crippen MR) is 94.2 cm³/mol. The zero-order chi connectivity index (χ0) is 18.6. The van der Waals surface area contributed by atoms with Crippen LogP contribution in [0.15, 0.2) is 52.0 Å². The largest absolute Gasteiger partial charge is 0.478 e. The van der Waals surface area contributed by atoms with Crippen molar-refractivity contribution in [1.29, 1.82) is 0 Å². The van der Waals surface area contributed by atoms with Gasteiger partial charge in [0.1, 0.15) is 4.90 Å². The van der Waals surface area contributed by atoms with Gasteiger partial charge in [-0.05, 0) is 25.1 Å². The summed E-state index contributed by atoms with van der Waals surface area (Å²) in [5.74, 6) is 0.907. The lowest BCUT2D eigenvalue weighted by atomic mass is 10.3. The Kier molecular flexibility index (Phi) is 5.50. The first-order valence-corrected chi connectivity index (χ1v) is 9.51. The minimum atomic E-state index is -3.80. The number of aromatic nitrogens is 3. The third-order valence-corrected chi connectivity index (χ3v) is 5.20. The molecule has 0 aliphatic heterocycles. The normalized spacial score (nSPS) is 11.5. The maximum atomic E-state index is 12.3. The van der Waals surface area contributed by atoms with E-state index >= 15 is 0 Å². The summed E-state index contributed by atoms with van der Waals surface area (Å²) in [6.45, 7) is 2.22. The van der Waals surface area contributed by atoms with Crippen LogP contribution in [-0.2, 0) is 16.6 Å². The smallest absolute Gasteiger partial charge is 0.242 e. The average molecular weight is 395 g/mol. The number of halogens is 1. The molecule has 10 heteroatoms. The molecular weight excluding hydrogens is 380 g/mol. The van der Waals surface area contributed by atoms with Crippen molar-refractivity contribution in [2.24, 2.45) is 0 Å². The molecule has 1 aromatic carbocycles. The molecule has 0 saturated carbocycles. The molecule has 3 aromatic rings. The van der Waals surface area contributed by atoms with Crippen LogP contribution in [0.3, 0.4) is 0 Å². The lowest BCUT2D eigenvalue weighted by molar-refractivity contribution is 0.327. The molecule has 136 valence electrons. The molecule has 0 bridgehead atoms. The second kappa shape index (κ2) is 7.81. The van der Waals surface area contributed by atoms with Crippen molar-refractivity contribution in [2.75, 3.05) is 6.61 Å². The van der Waals surface area contributed by atoms with E-state index in [9.17, 15) is 8.42 Å². The van der Waals surface area contributed by atoms with Crippen LogP contribution in [0.25, 0.3) is 11.4 Å². The Balaban J connectivity index is 1.70. The molecule has 0 spiro atoms. The van der Waals surface area contributed by atoms with Gasteiger partial charge in [-0.2, -0.15) is 4.98 Å². The van der Waals surface area contributed by atoms with Crippen LogP contribution < -0.4 is 9.46 Å². The molecule has 2 heterocycles. The molecular formula is C16H15ClN4O4S. The summed E-state index contributed by atoms with van der Waals surface area (Å²) in [5, 5.41) is 3.96. The van der Waals surface area contributed by atoms with Crippen LogP contribution in [0.4, 0.5) is 0 Å². The Hall–Kier alpha value is -2.49. The Labute approximate surface area is 155 Å².